The van der Waals surface area contributed by atoms with Crippen LogP contribution in [0.1, 0.15) is 0 Å². The first-order valence-electron chi connectivity index (χ1n) is 8.51. The van der Waals surface area contributed by atoms with Crippen molar-refractivity contribution in [1.82, 2.24) is 14.5 Å². The summed E-state index contributed by atoms with van der Waals surface area (Å²) in [5, 5.41) is 10.3. The number of hydrogen-bond donors (Lipinski definition) is 3. The number of ether oxygens (including phenoxy) is 1. The molecule has 0 fully saturated rings. The van der Waals surface area contributed by atoms with Gasteiger partial charge in [0.25, 0.3) is 0 Å². The summed E-state index contributed by atoms with van der Waals surface area (Å²) in [6.45, 7) is 0.941. The standard InChI is InChI=1S/C20H19N5O2/c21-9-10-27-16-7-3-14(4-8-16)25-11-17(13-1-5-15(26)6-2-13)18-19(22)23-12-24-20(18)25/h1-8,11-12,26H,9-10,21H2,(H2,22,23,24). The summed E-state index contributed by atoms with van der Waals surface area (Å²) in [4.78, 5) is 8.57. The van der Waals surface area contributed by atoms with Gasteiger partial charge in [-0.25, -0.2) is 9.97 Å². The van der Waals surface area contributed by atoms with E-state index in [0.29, 0.717) is 24.6 Å². The number of rotatable bonds is 5. The van der Waals surface area contributed by atoms with Crippen LogP contribution in [0, 0.1) is 0 Å². The van der Waals surface area contributed by atoms with Crippen LogP contribution in [-0.2, 0) is 0 Å². The van der Waals surface area contributed by atoms with E-state index in [1.807, 2.05) is 47.2 Å². The van der Waals surface area contributed by atoms with Crippen molar-refractivity contribution in [2.75, 3.05) is 18.9 Å². The van der Waals surface area contributed by atoms with Crippen LogP contribution in [0.15, 0.2) is 61.1 Å². The van der Waals surface area contributed by atoms with Crippen molar-refractivity contribution >= 4 is 16.9 Å². The van der Waals surface area contributed by atoms with Gasteiger partial charge in [0.2, 0.25) is 0 Å². The number of aromatic nitrogens is 3. The Labute approximate surface area is 155 Å². The molecule has 7 nitrogen and oxygen atoms in total. The average molecular weight is 361 g/mol. The Balaban J connectivity index is 1.84. The minimum absolute atomic E-state index is 0.208. The molecule has 0 radical (unpaired) electrons. The van der Waals surface area contributed by atoms with E-state index in [0.717, 1.165) is 28.0 Å². The normalized spacial score (nSPS) is 11.0. The molecule has 0 aliphatic heterocycles. The van der Waals surface area contributed by atoms with Gasteiger partial charge >= 0.3 is 0 Å². The van der Waals surface area contributed by atoms with Gasteiger partial charge in [-0.15, -0.1) is 0 Å². The van der Waals surface area contributed by atoms with E-state index in [1.54, 1.807) is 12.1 Å². The Bertz CT molecular complexity index is 1070. The van der Waals surface area contributed by atoms with Gasteiger partial charge in [0, 0.05) is 24.0 Å². The molecule has 0 spiro atoms. The third-order valence-corrected chi connectivity index (χ3v) is 4.29. The first kappa shape index (κ1) is 16.9. The number of nitrogens with zero attached hydrogens (tertiary/aromatic N) is 3. The number of aromatic hydroxyl groups is 1. The quantitative estimate of drug-likeness (QED) is 0.504. The predicted octanol–water partition coefficient (Wildman–Crippen LogP) is 2.71. The minimum Gasteiger partial charge on any atom is -0.508 e. The molecule has 2 aromatic carbocycles. The molecule has 0 saturated carbocycles. The third-order valence-electron chi connectivity index (χ3n) is 4.29. The van der Waals surface area contributed by atoms with Gasteiger partial charge < -0.3 is 25.9 Å². The molecular weight excluding hydrogens is 342 g/mol. The zero-order valence-corrected chi connectivity index (χ0v) is 14.5. The summed E-state index contributed by atoms with van der Waals surface area (Å²) in [6.07, 6.45) is 3.42. The van der Waals surface area contributed by atoms with Gasteiger partial charge in [-0.05, 0) is 42.0 Å². The second kappa shape index (κ2) is 6.97. The molecule has 2 heterocycles. The number of fused-ring (bicyclic) bond motifs is 1. The first-order valence-corrected chi connectivity index (χ1v) is 8.51. The van der Waals surface area contributed by atoms with E-state index in [9.17, 15) is 5.11 Å². The number of nitrogens with two attached hydrogens (primary N) is 2. The van der Waals surface area contributed by atoms with Crippen LogP contribution in [0.4, 0.5) is 5.82 Å². The summed E-state index contributed by atoms with van der Waals surface area (Å²) in [7, 11) is 0. The minimum atomic E-state index is 0.208. The number of phenols is 1. The molecule has 0 aliphatic carbocycles. The highest BCUT2D eigenvalue weighted by atomic mass is 16.5. The van der Waals surface area contributed by atoms with Crippen LogP contribution < -0.4 is 16.2 Å². The third kappa shape index (κ3) is 3.16. The molecule has 2 aromatic heterocycles. The van der Waals surface area contributed by atoms with Gasteiger partial charge in [-0.2, -0.15) is 0 Å². The summed E-state index contributed by atoms with van der Waals surface area (Å²) in [6, 6.07) is 14.6. The Morgan fingerprint density at radius 3 is 2.44 bits per heavy atom. The summed E-state index contributed by atoms with van der Waals surface area (Å²) >= 11 is 0. The zero-order valence-electron chi connectivity index (χ0n) is 14.5. The number of nitrogen functional groups attached to an aromatic ring is 1. The Morgan fingerprint density at radius 1 is 1.00 bits per heavy atom. The molecule has 0 aliphatic rings. The van der Waals surface area contributed by atoms with Crippen LogP contribution in [0.2, 0.25) is 0 Å². The van der Waals surface area contributed by atoms with Crippen molar-refractivity contribution in [2.45, 2.75) is 0 Å². The lowest BCUT2D eigenvalue weighted by molar-refractivity contribution is 0.328. The fourth-order valence-electron chi connectivity index (χ4n) is 3.02. The highest BCUT2D eigenvalue weighted by molar-refractivity contribution is 6.01. The summed E-state index contributed by atoms with van der Waals surface area (Å²) < 4.78 is 7.50. The van der Waals surface area contributed by atoms with Crippen LogP contribution >= 0.6 is 0 Å². The highest BCUT2D eigenvalue weighted by Crippen LogP contribution is 2.35. The molecule has 136 valence electrons. The van der Waals surface area contributed by atoms with E-state index in [2.05, 4.69) is 9.97 Å². The van der Waals surface area contributed by atoms with Crippen LogP contribution in [0.3, 0.4) is 0 Å². The van der Waals surface area contributed by atoms with Gasteiger partial charge in [0.05, 0.1) is 5.39 Å². The van der Waals surface area contributed by atoms with Gasteiger partial charge in [0.15, 0.2) is 5.65 Å². The van der Waals surface area contributed by atoms with Crippen LogP contribution in [0.25, 0.3) is 27.8 Å². The molecule has 0 bridgehead atoms. The lowest BCUT2D eigenvalue weighted by Crippen LogP contribution is -2.10. The lowest BCUT2D eigenvalue weighted by Gasteiger charge is -2.07. The molecule has 0 saturated heterocycles. The van der Waals surface area contributed by atoms with E-state index >= 15 is 0 Å². The van der Waals surface area contributed by atoms with Crippen molar-refractivity contribution in [3.8, 4) is 28.3 Å². The summed E-state index contributed by atoms with van der Waals surface area (Å²) in [5.41, 5.74) is 15.1. The predicted molar refractivity (Wildman–Crippen MR) is 105 cm³/mol. The first-order chi connectivity index (χ1) is 13.2. The van der Waals surface area contributed by atoms with Crippen LogP contribution in [0.5, 0.6) is 11.5 Å². The van der Waals surface area contributed by atoms with Crippen LogP contribution in [-0.4, -0.2) is 32.8 Å². The Kier molecular flexibility index (Phi) is 4.35. The molecule has 7 heteroatoms. The van der Waals surface area contributed by atoms with E-state index < -0.39 is 0 Å². The van der Waals surface area contributed by atoms with Crippen molar-refractivity contribution in [2.24, 2.45) is 5.73 Å². The Morgan fingerprint density at radius 2 is 1.74 bits per heavy atom. The maximum Gasteiger partial charge on any atom is 0.150 e. The maximum absolute atomic E-state index is 9.57. The molecular formula is C20H19N5O2. The van der Waals surface area contributed by atoms with Gasteiger partial charge in [0.1, 0.15) is 30.3 Å². The molecule has 0 unspecified atom stereocenters. The number of anilines is 1. The molecule has 0 amide bonds. The van der Waals surface area contributed by atoms with E-state index in [-0.39, 0.29) is 5.75 Å². The van der Waals surface area contributed by atoms with Crippen molar-refractivity contribution in [3.63, 3.8) is 0 Å². The van der Waals surface area contributed by atoms with E-state index in [4.69, 9.17) is 16.2 Å². The smallest absolute Gasteiger partial charge is 0.150 e. The second-order valence-electron chi connectivity index (χ2n) is 6.05. The number of hydrogen-bond acceptors (Lipinski definition) is 6. The maximum atomic E-state index is 9.57. The topological polar surface area (TPSA) is 112 Å². The molecule has 27 heavy (non-hydrogen) atoms. The molecule has 4 aromatic rings. The fourth-order valence-corrected chi connectivity index (χ4v) is 3.02. The van der Waals surface area contributed by atoms with Gasteiger partial charge in [-0.3, -0.25) is 0 Å². The van der Waals surface area contributed by atoms with E-state index in [1.165, 1.54) is 6.33 Å². The largest absolute Gasteiger partial charge is 0.508 e. The SMILES string of the molecule is NCCOc1ccc(-n2cc(-c3ccc(O)cc3)c3c(N)ncnc32)cc1. The average Bonchev–Trinajstić information content (AvgIpc) is 3.08. The van der Waals surface area contributed by atoms with Crippen molar-refractivity contribution < 1.29 is 9.84 Å². The summed E-state index contributed by atoms with van der Waals surface area (Å²) in [5.74, 6) is 1.37. The second-order valence-corrected chi connectivity index (χ2v) is 6.05. The number of phenolic OH excluding ortho intramolecular Hbond substituents is 1. The molecule has 4 rings (SSSR count). The Hall–Kier alpha value is -3.58. The van der Waals surface area contributed by atoms with Crippen molar-refractivity contribution in [1.29, 1.82) is 0 Å². The highest BCUT2D eigenvalue weighted by Gasteiger charge is 2.16. The zero-order chi connectivity index (χ0) is 18.8. The van der Waals surface area contributed by atoms with Gasteiger partial charge in [-0.1, -0.05) is 12.1 Å². The lowest BCUT2D eigenvalue weighted by atomic mass is 10.1. The fraction of sp³-hybridized carbons (Fsp3) is 0.100. The number of benzene rings is 2. The molecule has 0 atom stereocenters. The molecule has 5 N–H and O–H groups in total. The van der Waals surface area contributed by atoms with Crippen molar-refractivity contribution in [3.05, 3.63) is 61.1 Å². The monoisotopic (exact) mass is 361 g/mol.